The third kappa shape index (κ3) is 3.90. The molecule has 23 heavy (non-hydrogen) atoms. The van der Waals surface area contributed by atoms with Crippen LogP contribution in [0.5, 0.6) is 11.5 Å². The second-order valence-corrected chi connectivity index (χ2v) is 7.14. The van der Waals surface area contributed by atoms with Gasteiger partial charge < -0.3 is 25.2 Å². The minimum absolute atomic E-state index is 0.140. The van der Waals surface area contributed by atoms with Crippen LogP contribution in [0.1, 0.15) is 26.7 Å². The fourth-order valence-corrected chi connectivity index (χ4v) is 3.47. The number of aliphatic hydroxyl groups is 1. The van der Waals surface area contributed by atoms with Crippen molar-refractivity contribution in [1.29, 1.82) is 0 Å². The van der Waals surface area contributed by atoms with Crippen molar-refractivity contribution in [3.8, 4) is 11.5 Å². The Hall–Kier alpha value is -1.46. The molecule has 2 heterocycles. The molecule has 3 rings (SSSR count). The lowest BCUT2D eigenvalue weighted by atomic mass is 9.87. The molecule has 5 heteroatoms. The quantitative estimate of drug-likeness (QED) is 0.888. The highest BCUT2D eigenvalue weighted by Crippen LogP contribution is 2.35. The van der Waals surface area contributed by atoms with E-state index >= 15 is 0 Å². The summed E-state index contributed by atoms with van der Waals surface area (Å²) in [5, 5.41) is 10.2. The highest BCUT2D eigenvalue weighted by atomic mass is 16.6. The van der Waals surface area contributed by atoms with E-state index in [9.17, 15) is 5.11 Å². The molecule has 3 atom stereocenters. The molecule has 1 saturated heterocycles. The molecule has 2 aliphatic rings. The Balaban J connectivity index is 1.71. The van der Waals surface area contributed by atoms with Crippen LogP contribution < -0.4 is 20.1 Å². The van der Waals surface area contributed by atoms with Gasteiger partial charge in [0.05, 0.1) is 6.10 Å². The Labute approximate surface area is 138 Å². The van der Waals surface area contributed by atoms with E-state index in [4.69, 9.17) is 15.2 Å². The first-order valence-electron chi connectivity index (χ1n) is 8.61. The van der Waals surface area contributed by atoms with Gasteiger partial charge in [-0.2, -0.15) is 0 Å². The van der Waals surface area contributed by atoms with Gasteiger partial charge >= 0.3 is 0 Å². The zero-order valence-electron chi connectivity index (χ0n) is 14.1. The van der Waals surface area contributed by atoms with Crippen LogP contribution >= 0.6 is 0 Å². The van der Waals surface area contributed by atoms with Crippen LogP contribution in [0.25, 0.3) is 0 Å². The van der Waals surface area contributed by atoms with Gasteiger partial charge in [0.25, 0.3) is 0 Å². The maximum absolute atomic E-state index is 10.2. The third-order valence-electron chi connectivity index (χ3n) is 4.80. The van der Waals surface area contributed by atoms with Gasteiger partial charge in [0.15, 0.2) is 11.5 Å². The van der Waals surface area contributed by atoms with Crippen LogP contribution in [0.15, 0.2) is 18.2 Å². The van der Waals surface area contributed by atoms with Gasteiger partial charge in [-0.1, -0.05) is 13.8 Å². The number of piperidine rings is 1. The van der Waals surface area contributed by atoms with Crippen LogP contribution in [0.3, 0.4) is 0 Å². The van der Waals surface area contributed by atoms with Crippen molar-refractivity contribution in [3.63, 3.8) is 0 Å². The zero-order valence-corrected chi connectivity index (χ0v) is 14.1. The van der Waals surface area contributed by atoms with Crippen molar-refractivity contribution >= 4 is 5.69 Å². The summed E-state index contributed by atoms with van der Waals surface area (Å²) in [5.74, 6) is 2.33. The molecule has 0 aromatic heterocycles. The van der Waals surface area contributed by atoms with E-state index in [1.165, 1.54) is 0 Å². The van der Waals surface area contributed by atoms with E-state index in [0.29, 0.717) is 19.1 Å². The molecule has 128 valence electrons. The van der Waals surface area contributed by atoms with E-state index in [2.05, 4.69) is 24.8 Å². The number of aliphatic hydroxyl groups excluding tert-OH is 1. The van der Waals surface area contributed by atoms with Gasteiger partial charge in [0.2, 0.25) is 0 Å². The minimum Gasteiger partial charge on any atom is -0.486 e. The lowest BCUT2D eigenvalue weighted by Crippen LogP contribution is -2.48. The topological polar surface area (TPSA) is 68.0 Å². The van der Waals surface area contributed by atoms with Crippen LogP contribution in [-0.2, 0) is 0 Å². The largest absolute Gasteiger partial charge is 0.486 e. The number of ether oxygens (including phenoxy) is 2. The van der Waals surface area contributed by atoms with E-state index < -0.39 is 0 Å². The molecule has 1 aromatic carbocycles. The predicted molar refractivity (Wildman–Crippen MR) is 91.2 cm³/mol. The molecule has 1 aromatic rings. The van der Waals surface area contributed by atoms with Crippen LogP contribution in [0.4, 0.5) is 5.69 Å². The summed E-state index contributed by atoms with van der Waals surface area (Å²) in [5.41, 5.74) is 7.38. The highest BCUT2D eigenvalue weighted by Gasteiger charge is 2.28. The summed E-state index contributed by atoms with van der Waals surface area (Å²) in [4.78, 5) is 2.31. The monoisotopic (exact) mass is 320 g/mol. The Morgan fingerprint density at radius 1 is 1.22 bits per heavy atom. The normalized spacial score (nSPS) is 25.5. The average molecular weight is 320 g/mol. The molecule has 0 amide bonds. The smallest absolute Gasteiger partial charge is 0.163 e. The van der Waals surface area contributed by atoms with Gasteiger partial charge in [-0.05, 0) is 36.8 Å². The average Bonchev–Trinajstić information content (AvgIpc) is 2.53. The standard InChI is InChI=1S/C18H28N2O3/c1-12(2)16(21)8-13-7-14(19)11-20(10-13)15-3-4-17-18(9-15)23-6-5-22-17/h3-4,9,12-14,16,21H,5-8,10-11,19H2,1-2H3. The molecule has 0 aliphatic carbocycles. The summed E-state index contributed by atoms with van der Waals surface area (Å²) in [7, 11) is 0. The number of hydrogen-bond donors (Lipinski definition) is 2. The Kier molecular flexibility index (Phi) is 4.97. The molecule has 5 nitrogen and oxygen atoms in total. The highest BCUT2D eigenvalue weighted by molar-refractivity contribution is 5.57. The van der Waals surface area contributed by atoms with Gasteiger partial charge in [0, 0.05) is 30.9 Å². The first kappa shape index (κ1) is 16.4. The van der Waals surface area contributed by atoms with Gasteiger partial charge in [0.1, 0.15) is 13.2 Å². The summed E-state index contributed by atoms with van der Waals surface area (Å²) < 4.78 is 11.3. The van der Waals surface area contributed by atoms with Crippen molar-refractivity contribution in [2.45, 2.75) is 38.8 Å². The van der Waals surface area contributed by atoms with Gasteiger partial charge in [-0.15, -0.1) is 0 Å². The Morgan fingerprint density at radius 2 is 1.96 bits per heavy atom. The molecule has 0 bridgehead atoms. The molecular weight excluding hydrogens is 292 g/mol. The summed E-state index contributed by atoms with van der Waals surface area (Å²) >= 11 is 0. The van der Waals surface area contributed by atoms with Crippen molar-refractivity contribution in [1.82, 2.24) is 0 Å². The van der Waals surface area contributed by atoms with E-state index in [1.807, 2.05) is 12.1 Å². The van der Waals surface area contributed by atoms with Crippen molar-refractivity contribution in [3.05, 3.63) is 18.2 Å². The third-order valence-corrected chi connectivity index (χ3v) is 4.80. The lowest BCUT2D eigenvalue weighted by Gasteiger charge is -2.39. The molecular formula is C18H28N2O3. The van der Waals surface area contributed by atoms with Crippen LogP contribution in [-0.4, -0.2) is 43.6 Å². The van der Waals surface area contributed by atoms with E-state index in [0.717, 1.165) is 43.1 Å². The number of benzene rings is 1. The second-order valence-electron chi connectivity index (χ2n) is 7.14. The Morgan fingerprint density at radius 3 is 2.70 bits per heavy atom. The van der Waals surface area contributed by atoms with Crippen molar-refractivity contribution in [2.75, 3.05) is 31.2 Å². The number of nitrogens with zero attached hydrogens (tertiary/aromatic N) is 1. The number of hydrogen-bond acceptors (Lipinski definition) is 5. The fourth-order valence-electron chi connectivity index (χ4n) is 3.47. The number of rotatable bonds is 4. The Bertz CT molecular complexity index is 535. The second kappa shape index (κ2) is 6.97. The van der Waals surface area contributed by atoms with Crippen molar-refractivity contribution in [2.24, 2.45) is 17.6 Å². The lowest BCUT2D eigenvalue weighted by molar-refractivity contribution is 0.0921. The molecule has 3 N–H and O–H groups in total. The zero-order chi connectivity index (χ0) is 16.4. The van der Waals surface area contributed by atoms with Crippen molar-refractivity contribution < 1.29 is 14.6 Å². The molecule has 0 radical (unpaired) electrons. The minimum atomic E-state index is -0.257. The fraction of sp³-hybridized carbons (Fsp3) is 0.667. The van der Waals surface area contributed by atoms with E-state index in [-0.39, 0.29) is 18.1 Å². The number of nitrogens with two attached hydrogens (primary N) is 1. The molecule has 1 fully saturated rings. The maximum atomic E-state index is 10.2. The van der Waals surface area contributed by atoms with Gasteiger partial charge in [-0.3, -0.25) is 0 Å². The number of fused-ring (bicyclic) bond motifs is 1. The summed E-state index contributed by atoms with van der Waals surface area (Å²) in [6, 6.07) is 6.23. The SMILES string of the molecule is CC(C)C(O)CC1CC(N)CN(c2ccc3c(c2)OCCO3)C1. The first-order chi connectivity index (χ1) is 11.0. The summed E-state index contributed by atoms with van der Waals surface area (Å²) in [6.07, 6.45) is 1.53. The van der Waals surface area contributed by atoms with E-state index in [1.54, 1.807) is 0 Å². The maximum Gasteiger partial charge on any atom is 0.163 e. The molecule has 0 spiro atoms. The molecule has 3 unspecified atom stereocenters. The molecule has 2 aliphatic heterocycles. The predicted octanol–water partition coefficient (Wildman–Crippen LogP) is 2.02. The van der Waals surface area contributed by atoms with Crippen LogP contribution in [0, 0.1) is 11.8 Å². The number of anilines is 1. The first-order valence-corrected chi connectivity index (χ1v) is 8.61. The van der Waals surface area contributed by atoms with Gasteiger partial charge in [-0.25, -0.2) is 0 Å². The van der Waals surface area contributed by atoms with Crippen LogP contribution in [0.2, 0.25) is 0 Å². The molecule has 0 saturated carbocycles. The summed E-state index contributed by atoms with van der Waals surface area (Å²) in [6.45, 7) is 7.10.